The largest absolute Gasteiger partial charge is 0.479 e. The van der Waals surface area contributed by atoms with E-state index in [0.29, 0.717) is 11.1 Å². The summed E-state index contributed by atoms with van der Waals surface area (Å²) in [6.07, 6.45) is 0.253. The zero-order valence-corrected chi connectivity index (χ0v) is 13.6. The van der Waals surface area contributed by atoms with Crippen molar-refractivity contribution in [2.75, 3.05) is 0 Å². The van der Waals surface area contributed by atoms with E-state index in [9.17, 15) is 14.7 Å². The van der Waals surface area contributed by atoms with Gasteiger partial charge in [-0.05, 0) is 37.5 Å². The van der Waals surface area contributed by atoms with Crippen molar-refractivity contribution in [1.29, 1.82) is 0 Å². The Balaban J connectivity index is 2.42. The smallest absolute Gasteiger partial charge is 0.334 e. The summed E-state index contributed by atoms with van der Waals surface area (Å²) in [6, 6.07) is 14.3. The summed E-state index contributed by atoms with van der Waals surface area (Å²) < 4.78 is 0. The molecule has 0 spiro atoms. The molecule has 2 aromatic rings. The number of carbonyl (C=O) groups is 2. The fourth-order valence-corrected chi connectivity index (χ4v) is 2.75. The number of benzene rings is 2. The second-order valence-electron chi connectivity index (χ2n) is 5.70. The molecule has 0 aliphatic rings. The highest BCUT2D eigenvalue weighted by atomic mass is 16.4. The summed E-state index contributed by atoms with van der Waals surface area (Å²) in [7, 11) is 0. The van der Waals surface area contributed by atoms with Crippen LogP contribution < -0.4 is 5.32 Å². The molecule has 23 heavy (non-hydrogen) atoms. The van der Waals surface area contributed by atoms with Crippen LogP contribution in [0.3, 0.4) is 0 Å². The molecular weight excluding hydrogens is 290 g/mol. The first kappa shape index (κ1) is 16.7. The van der Waals surface area contributed by atoms with Crippen LogP contribution >= 0.6 is 0 Å². The lowest BCUT2D eigenvalue weighted by atomic mass is 9.86. The molecule has 2 N–H and O–H groups in total. The lowest BCUT2D eigenvalue weighted by molar-refractivity contribution is -0.145. The summed E-state index contributed by atoms with van der Waals surface area (Å²) in [5.74, 6) is -1.44. The molecule has 0 radical (unpaired) electrons. The average molecular weight is 311 g/mol. The first-order chi connectivity index (χ1) is 10.9. The van der Waals surface area contributed by atoms with Crippen LogP contribution in [-0.4, -0.2) is 17.0 Å². The Labute approximate surface area is 136 Å². The monoisotopic (exact) mass is 311 g/mol. The molecular formula is C19H21NO3. The van der Waals surface area contributed by atoms with Crippen LogP contribution in [-0.2, 0) is 10.3 Å². The number of carbonyl (C=O) groups excluding carboxylic acids is 1. The second kappa shape index (κ2) is 6.65. The molecule has 0 saturated carbocycles. The fourth-order valence-electron chi connectivity index (χ4n) is 2.75. The van der Waals surface area contributed by atoms with Crippen LogP contribution in [0, 0.1) is 13.8 Å². The predicted octanol–water partition coefficient (Wildman–Crippen LogP) is 3.42. The quantitative estimate of drug-likeness (QED) is 0.889. The van der Waals surface area contributed by atoms with Gasteiger partial charge in [-0.15, -0.1) is 0 Å². The number of carboxylic acids is 1. The van der Waals surface area contributed by atoms with Crippen LogP contribution in [0.4, 0.5) is 0 Å². The number of aryl methyl sites for hydroxylation is 2. The number of hydrogen-bond acceptors (Lipinski definition) is 2. The number of carboxylic acid groups (broad SMARTS) is 1. The molecule has 0 aliphatic heterocycles. The van der Waals surface area contributed by atoms with Crippen molar-refractivity contribution in [3.63, 3.8) is 0 Å². The predicted molar refractivity (Wildman–Crippen MR) is 89.4 cm³/mol. The minimum atomic E-state index is -1.43. The van der Waals surface area contributed by atoms with Gasteiger partial charge < -0.3 is 10.4 Å². The summed E-state index contributed by atoms with van der Waals surface area (Å²) in [4.78, 5) is 24.6. The summed E-state index contributed by atoms with van der Waals surface area (Å²) in [5, 5.41) is 12.5. The molecule has 0 bridgehead atoms. The fraction of sp³-hybridized carbons (Fsp3) is 0.263. The maximum Gasteiger partial charge on any atom is 0.334 e. The Kier molecular flexibility index (Phi) is 4.84. The first-order valence-corrected chi connectivity index (χ1v) is 7.59. The lowest BCUT2D eigenvalue weighted by Crippen LogP contribution is -2.51. The minimum absolute atomic E-state index is 0.253. The molecule has 2 aromatic carbocycles. The van der Waals surface area contributed by atoms with E-state index in [1.165, 1.54) is 0 Å². The average Bonchev–Trinajstić information content (AvgIpc) is 2.53. The summed E-state index contributed by atoms with van der Waals surface area (Å²) in [6.45, 7) is 5.55. The Morgan fingerprint density at radius 3 is 2.26 bits per heavy atom. The Bertz CT molecular complexity index is 725. The molecule has 0 heterocycles. The first-order valence-electron chi connectivity index (χ1n) is 7.59. The SMILES string of the molecule is CCC(NC(=O)c1ccc(C)cc1C)(C(=O)O)c1ccccc1. The second-order valence-corrected chi connectivity index (χ2v) is 5.70. The molecule has 4 nitrogen and oxygen atoms in total. The maximum atomic E-state index is 12.7. The van der Waals surface area contributed by atoms with Crippen LogP contribution in [0.1, 0.15) is 40.4 Å². The molecule has 120 valence electrons. The third kappa shape index (κ3) is 3.26. The van der Waals surface area contributed by atoms with Crippen LogP contribution in [0.5, 0.6) is 0 Å². The van der Waals surface area contributed by atoms with E-state index < -0.39 is 11.5 Å². The molecule has 0 aliphatic carbocycles. The molecule has 0 saturated heterocycles. The van der Waals surface area contributed by atoms with Gasteiger partial charge in [0.15, 0.2) is 5.54 Å². The standard InChI is InChI=1S/C19H21NO3/c1-4-19(18(22)23,15-8-6-5-7-9-15)20-17(21)16-11-10-13(2)12-14(16)3/h5-12H,4H2,1-3H3,(H,20,21)(H,22,23). The Morgan fingerprint density at radius 2 is 1.74 bits per heavy atom. The van der Waals surface area contributed by atoms with Gasteiger partial charge in [0.05, 0.1) is 0 Å². The van der Waals surface area contributed by atoms with Gasteiger partial charge in [-0.2, -0.15) is 0 Å². The normalized spacial score (nSPS) is 13.2. The van der Waals surface area contributed by atoms with E-state index in [0.717, 1.165) is 11.1 Å². The lowest BCUT2D eigenvalue weighted by Gasteiger charge is -2.30. The number of nitrogens with one attached hydrogen (secondary N) is 1. The van der Waals surface area contributed by atoms with Crippen LogP contribution in [0.2, 0.25) is 0 Å². The number of rotatable bonds is 5. The molecule has 1 unspecified atom stereocenters. The molecule has 2 rings (SSSR count). The number of aliphatic carboxylic acids is 1. The van der Waals surface area contributed by atoms with Crippen molar-refractivity contribution in [3.05, 3.63) is 70.8 Å². The van der Waals surface area contributed by atoms with Gasteiger partial charge in [0, 0.05) is 5.56 Å². The highest BCUT2D eigenvalue weighted by Gasteiger charge is 2.40. The van der Waals surface area contributed by atoms with Gasteiger partial charge >= 0.3 is 5.97 Å². The van der Waals surface area contributed by atoms with E-state index in [2.05, 4.69) is 5.32 Å². The van der Waals surface area contributed by atoms with Gasteiger partial charge in [0.2, 0.25) is 0 Å². The van der Waals surface area contributed by atoms with Gasteiger partial charge in [0.25, 0.3) is 5.91 Å². The van der Waals surface area contributed by atoms with Gasteiger partial charge in [-0.3, -0.25) is 4.79 Å². The highest BCUT2D eigenvalue weighted by Crippen LogP contribution is 2.26. The maximum absolute atomic E-state index is 12.7. The Hall–Kier alpha value is -2.62. The van der Waals surface area contributed by atoms with E-state index in [-0.39, 0.29) is 12.3 Å². The van der Waals surface area contributed by atoms with Crippen LogP contribution in [0.15, 0.2) is 48.5 Å². The molecule has 0 aromatic heterocycles. The third-order valence-electron chi connectivity index (χ3n) is 4.12. The number of amides is 1. The van der Waals surface area contributed by atoms with Crippen molar-refractivity contribution < 1.29 is 14.7 Å². The third-order valence-corrected chi connectivity index (χ3v) is 4.12. The van der Waals surface area contributed by atoms with Crippen LogP contribution in [0.25, 0.3) is 0 Å². The molecule has 1 atom stereocenters. The van der Waals surface area contributed by atoms with Crippen molar-refractivity contribution >= 4 is 11.9 Å². The summed E-state index contributed by atoms with van der Waals surface area (Å²) in [5.41, 5.74) is 1.50. The van der Waals surface area contributed by atoms with Crippen molar-refractivity contribution in [2.45, 2.75) is 32.7 Å². The van der Waals surface area contributed by atoms with Crippen molar-refractivity contribution in [2.24, 2.45) is 0 Å². The van der Waals surface area contributed by atoms with Gasteiger partial charge in [-0.1, -0.05) is 55.0 Å². The minimum Gasteiger partial charge on any atom is -0.479 e. The summed E-state index contributed by atoms with van der Waals surface area (Å²) >= 11 is 0. The highest BCUT2D eigenvalue weighted by molar-refractivity contribution is 5.99. The molecule has 4 heteroatoms. The van der Waals surface area contributed by atoms with Gasteiger partial charge in [0.1, 0.15) is 0 Å². The van der Waals surface area contributed by atoms with Gasteiger partial charge in [-0.25, -0.2) is 4.79 Å². The zero-order chi connectivity index (χ0) is 17.0. The van der Waals surface area contributed by atoms with E-state index in [4.69, 9.17) is 0 Å². The molecule has 1 amide bonds. The zero-order valence-electron chi connectivity index (χ0n) is 13.6. The Morgan fingerprint density at radius 1 is 1.09 bits per heavy atom. The van der Waals surface area contributed by atoms with E-state index in [1.807, 2.05) is 32.0 Å². The molecule has 0 fully saturated rings. The number of hydrogen-bond donors (Lipinski definition) is 2. The van der Waals surface area contributed by atoms with Crippen molar-refractivity contribution in [1.82, 2.24) is 5.32 Å². The van der Waals surface area contributed by atoms with Crippen molar-refractivity contribution in [3.8, 4) is 0 Å². The van der Waals surface area contributed by atoms with E-state index >= 15 is 0 Å². The topological polar surface area (TPSA) is 66.4 Å². The van der Waals surface area contributed by atoms with E-state index in [1.54, 1.807) is 37.3 Å².